The van der Waals surface area contributed by atoms with E-state index < -0.39 is 110 Å². The Kier molecular flexibility index (Phi) is 12.6. The zero-order valence-corrected chi connectivity index (χ0v) is 23.4. The third-order valence-electron chi connectivity index (χ3n) is 4.31. The number of rotatable bonds is 14. The first-order valence-corrected chi connectivity index (χ1v) is 19.6. The van der Waals surface area contributed by atoms with Crippen LogP contribution in [0, 0.1) is 0 Å². The third kappa shape index (κ3) is 17.9. The van der Waals surface area contributed by atoms with E-state index in [0.717, 1.165) is 0 Å². The molecule has 0 aliphatic heterocycles. The van der Waals surface area contributed by atoms with Crippen LogP contribution in [-0.4, -0.2) is 59.9 Å². The van der Waals surface area contributed by atoms with Gasteiger partial charge in [0.15, 0.2) is 8.32 Å². The van der Waals surface area contributed by atoms with Gasteiger partial charge in [-0.3, -0.25) is 0 Å². The maximum absolute atomic E-state index is 13.1. The summed E-state index contributed by atoms with van der Waals surface area (Å²) < 4.78 is 173. The van der Waals surface area contributed by atoms with Gasteiger partial charge < -0.3 is 12.3 Å². The second-order valence-corrected chi connectivity index (χ2v) is 21.6. The Morgan fingerprint density at radius 1 is 0.514 bits per heavy atom. The molecule has 0 aliphatic rings. The summed E-state index contributed by atoms with van der Waals surface area (Å²) in [6.07, 6.45) is -26.2. The van der Waals surface area contributed by atoms with Gasteiger partial charge in [0, 0.05) is 25.7 Å². The molecule has 0 atom stereocenters. The average molecular weight is 609 g/mol. The second kappa shape index (κ2) is 12.6. The van der Waals surface area contributed by atoms with E-state index in [9.17, 15) is 52.7 Å². The standard InChI is InChI=1S/C16H28F12O3Si4/c1-32-29-34(9-5-13(17,18)19,10-6-14(20,21)22)31-35(30-33(2,3)4,11-7-15(23,24)25)12-8-16(26,27)28/h5-12H2,1-4H3. The molecular weight excluding hydrogens is 580 g/mol. The van der Waals surface area contributed by atoms with Gasteiger partial charge in [-0.1, -0.05) is 0 Å². The topological polar surface area (TPSA) is 27.7 Å². The van der Waals surface area contributed by atoms with E-state index in [4.69, 9.17) is 12.3 Å². The Bertz CT molecular complexity index is 594. The van der Waals surface area contributed by atoms with Gasteiger partial charge in [0.05, 0.1) is 0 Å². The van der Waals surface area contributed by atoms with Crippen LogP contribution in [0.5, 0.6) is 0 Å². The predicted octanol–water partition coefficient (Wildman–Crippen LogP) is 8.23. The molecular formula is C16H28F12O3Si4. The van der Waals surface area contributed by atoms with Crippen LogP contribution in [0.4, 0.5) is 52.7 Å². The normalized spacial score (nSPS) is 15.1. The fourth-order valence-corrected chi connectivity index (χ4v) is 19.3. The van der Waals surface area contributed by atoms with Crippen LogP contribution in [0.2, 0.25) is 50.4 Å². The van der Waals surface area contributed by atoms with Gasteiger partial charge >= 0.3 is 41.8 Å². The largest absolute Gasteiger partial charge is 0.436 e. The van der Waals surface area contributed by atoms with E-state index in [1.165, 1.54) is 26.2 Å². The Morgan fingerprint density at radius 3 is 1.03 bits per heavy atom. The fraction of sp³-hybridized carbons (Fsp3) is 1.00. The molecule has 0 amide bonds. The van der Waals surface area contributed by atoms with Crippen LogP contribution in [0.15, 0.2) is 0 Å². The van der Waals surface area contributed by atoms with Crippen LogP contribution in [0.1, 0.15) is 25.7 Å². The van der Waals surface area contributed by atoms with Crippen molar-refractivity contribution in [1.29, 1.82) is 0 Å². The van der Waals surface area contributed by atoms with Crippen LogP contribution < -0.4 is 0 Å². The molecule has 19 heteroatoms. The van der Waals surface area contributed by atoms with Crippen molar-refractivity contribution in [3.05, 3.63) is 0 Å². The lowest BCUT2D eigenvalue weighted by molar-refractivity contribution is -0.133. The van der Waals surface area contributed by atoms with E-state index in [-0.39, 0.29) is 0 Å². The van der Waals surface area contributed by atoms with Gasteiger partial charge in [0.1, 0.15) is 0 Å². The predicted molar refractivity (Wildman–Crippen MR) is 112 cm³/mol. The maximum atomic E-state index is 13.1. The van der Waals surface area contributed by atoms with E-state index in [2.05, 4.69) is 0 Å². The summed E-state index contributed by atoms with van der Waals surface area (Å²) >= 11 is 0. The quantitative estimate of drug-likeness (QED) is 0.147. The SMILES string of the molecule is C[Si]O[Si](CCC(F)(F)F)(CCC(F)(F)F)O[Si](CCC(F)(F)F)(CCC(F)(F)F)O[Si](C)(C)C. The van der Waals surface area contributed by atoms with Crippen LogP contribution in [0.25, 0.3) is 0 Å². The lowest BCUT2D eigenvalue weighted by atomic mass is 10.5. The highest BCUT2D eigenvalue weighted by Gasteiger charge is 2.54. The molecule has 0 bridgehead atoms. The van der Waals surface area contributed by atoms with Crippen molar-refractivity contribution >= 4 is 35.2 Å². The molecule has 0 heterocycles. The molecule has 0 aliphatic carbocycles. The van der Waals surface area contributed by atoms with Gasteiger partial charge in [0.25, 0.3) is 0 Å². The molecule has 0 fully saturated rings. The Morgan fingerprint density at radius 2 is 0.800 bits per heavy atom. The van der Waals surface area contributed by atoms with Gasteiger partial charge in [0.2, 0.25) is 9.76 Å². The average Bonchev–Trinajstić information content (AvgIpc) is 2.58. The third-order valence-corrected chi connectivity index (χ3v) is 17.6. The zero-order chi connectivity index (χ0) is 28.0. The fourth-order valence-electron chi connectivity index (χ4n) is 3.11. The lowest BCUT2D eigenvalue weighted by Gasteiger charge is -2.44. The molecule has 0 spiro atoms. The zero-order valence-electron chi connectivity index (χ0n) is 19.4. The highest BCUT2D eigenvalue weighted by atomic mass is 28.5. The summed E-state index contributed by atoms with van der Waals surface area (Å²) in [6, 6.07) is -4.45. The minimum atomic E-state index is -4.88. The number of hydrogen-bond donors (Lipinski definition) is 0. The summed E-state index contributed by atoms with van der Waals surface area (Å²) in [5, 5.41) is 0. The Hall–Kier alpha value is -0.0925. The van der Waals surface area contributed by atoms with Crippen LogP contribution >= 0.6 is 0 Å². The molecule has 3 nitrogen and oxygen atoms in total. The Labute approximate surface area is 201 Å². The van der Waals surface area contributed by atoms with E-state index in [1.54, 1.807) is 0 Å². The molecule has 2 radical (unpaired) electrons. The smallest absolute Gasteiger partial charge is 0.389 e. The maximum Gasteiger partial charge on any atom is 0.389 e. The summed E-state index contributed by atoms with van der Waals surface area (Å²) in [5.41, 5.74) is 0. The highest BCUT2D eigenvalue weighted by Crippen LogP contribution is 2.41. The summed E-state index contributed by atoms with van der Waals surface area (Å²) in [6.45, 7) is 5.55. The monoisotopic (exact) mass is 608 g/mol. The van der Waals surface area contributed by atoms with Crippen molar-refractivity contribution in [2.45, 2.75) is 101 Å². The van der Waals surface area contributed by atoms with E-state index in [0.29, 0.717) is 0 Å². The first-order chi connectivity index (χ1) is 15.3. The molecule has 35 heavy (non-hydrogen) atoms. The molecule has 210 valence electrons. The molecule has 0 aromatic rings. The molecule has 0 saturated carbocycles. The molecule has 0 aromatic carbocycles. The van der Waals surface area contributed by atoms with E-state index in [1.807, 2.05) is 0 Å². The van der Waals surface area contributed by atoms with Crippen LogP contribution in [-0.2, 0) is 12.3 Å². The highest BCUT2D eigenvalue weighted by molar-refractivity contribution is 6.88. The second-order valence-electron chi connectivity index (χ2n) is 8.90. The minimum absolute atomic E-state index is 0.712. The summed E-state index contributed by atoms with van der Waals surface area (Å²) in [4.78, 5) is 0. The lowest BCUT2D eigenvalue weighted by Crippen LogP contribution is -2.59. The van der Waals surface area contributed by atoms with Crippen molar-refractivity contribution in [2.75, 3.05) is 0 Å². The van der Waals surface area contributed by atoms with Gasteiger partial charge in [-0.25, -0.2) is 0 Å². The van der Waals surface area contributed by atoms with Crippen molar-refractivity contribution < 1.29 is 65.0 Å². The molecule has 0 N–H and O–H groups in total. The van der Waals surface area contributed by atoms with Crippen LogP contribution in [0.3, 0.4) is 0 Å². The number of alkyl halides is 12. The number of halogens is 12. The van der Waals surface area contributed by atoms with E-state index >= 15 is 0 Å². The van der Waals surface area contributed by atoms with Gasteiger partial charge in [-0.15, -0.1) is 0 Å². The first kappa shape index (κ1) is 34.9. The minimum Gasteiger partial charge on any atom is -0.436 e. The molecule has 0 aromatic heterocycles. The summed E-state index contributed by atoms with van der Waals surface area (Å²) in [5.74, 6) is 0. The van der Waals surface area contributed by atoms with Crippen molar-refractivity contribution in [1.82, 2.24) is 0 Å². The first-order valence-electron chi connectivity index (χ1n) is 10.3. The van der Waals surface area contributed by atoms with Gasteiger partial charge in [-0.2, -0.15) is 52.7 Å². The summed E-state index contributed by atoms with van der Waals surface area (Å²) in [7, 11) is -13.0. The Balaban J connectivity index is 6.62. The van der Waals surface area contributed by atoms with Crippen molar-refractivity contribution in [3.63, 3.8) is 0 Å². The van der Waals surface area contributed by atoms with Crippen molar-refractivity contribution in [3.8, 4) is 0 Å². The van der Waals surface area contributed by atoms with Gasteiger partial charge in [-0.05, 0) is 50.4 Å². The molecule has 0 saturated heterocycles. The number of hydrogen-bond acceptors (Lipinski definition) is 3. The molecule has 0 unspecified atom stereocenters. The van der Waals surface area contributed by atoms with Crippen molar-refractivity contribution in [2.24, 2.45) is 0 Å². The molecule has 0 rings (SSSR count).